The van der Waals surface area contributed by atoms with Gasteiger partial charge in [0.1, 0.15) is 55.4 Å². The topological polar surface area (TPSA) is 133 Å². The molecule has 4 aliphatic heterocycles. The number of hydrogen-bond donors (Lipinski definition) is 2. The summed E-state index contributed by atoms with van der Waals surface area (Å²) in [5.41, 5.74) is 0.805. The van der Waals surface area contributed by atoms with E-state index < -0.39 is 81.3 Å². The molecule has 44 heavy (non-hydrogen) atoms. The number of benzene rings is 1. The quantitative estimate of drug-likeness (QED) is 0.232. The minimum atomic E-state index is -2.05. The normalized spacial score (nSPS) is 38.9. The molecule has 2 N–H and O–H groups in total. The number of aliphatic hydroxyl groups is 2. The van der Waals surface area contributed by atoms with Gasteiger partial charge in [-0.1, -0.05) is 51.1 Å². The van der Waals surface area contributed by atoms with Crippen molar-refractivity contribution in [3.8, 4) is 0 Å². The van der Waals surface area contributed by atoms with Crippen molar-refractivity contribution in [2.75, 3.05) is 19.8 Å². The van der Waals surface area contributed by atoms with Gasteiger partial charge in [0.25, 0.3) is 0 Å². The third-order valence-electron chi connectivity index (χ3n) is 8.98. The molecule has 0 saturated carbocycles. The number of ether oxygens (including phenoxy) is 7. The first kappa shape index (κ1) is 34.3. The van der Waals surface area contributed by atoms with Crippen molar-refractivity contribution >= 4 is 8.32 Å². The van der Waals surface area contributed by atoms with Crippen LogP contribution in [0.2, 0.25) is 18.1 Å². The summed E-state index contributed by atoms with van der Waals surface area (Å²) in [5, 5.41) is 21.7. The average Bonchev–Trinajstić information content (AvgIpc) is 3.43. The molecule has 1 aromatic rings. The molecule has 0 bridgehead atoms. The van der Waals surface area contributed by atoms with E-state index in [1.807, 2.05) is 58.0 Å². The van der Waals surface area contributed by atoms with Crippen LogP contribution in [0.4, 0.5) is 0 Å². The second-order valence-electron chi connectivity index (χ2n) is 14.4. The van der Waals surface area contributed by atoms with Gasteiger partial charge in [0.2, 0.25) is 6.29 Å². The Kier molecular flexibility index (Phi) is 10.0. The first-order valence-electron chi connectivity index (χ1n) is 15.4. The summed E-state index contributed by atoms with van der Waals surface area (Å²) in [6.07, 6.45) is -8.23. The monoisotopic (exact) mass is 642 g/mol. The fourth-order valence-electron chi connectivity index (χ4n) is 5.66. The van der Waals surface area contributed by atoms with Gasteiger partial charge in [0.05, 0.1) is 13.2 Å². The van der Waals surface area contributed by atoms with Crippen LogP contribution in [0.15, 0.2) is 30.3 Å². The number of aliphatic hydroxyl groups excluding tert-OH is 2. The standard InChI is InChI=1S/C31H50O12Si/c1-29(2,3)44(8,9)36-17-21-26(42-31(6,7)40-21)25-20(39-30(4,5)41-25)16-35-43-28-23(33)22(32)24-19(37-28)15-34-27(38-24)18-13-11-10-12-14-18/h10-14,19-28,32-33H,15-17H2,1-9H3/t19-,20-,21-,22-,23+,24-,25-,26-,27?,28+/m1/s1. The lowest BCUT2D eigenvalue weighted by atomic mass is 9.98. The Bertz CT molecular complexity index is 1090. The largest absolute Gasteiger partial charge is 0.414 e. The summed E-state index contributed by atoms with van der Waals surface area (Å²) in [7, 11) is -2.05. The van der Waals surface area contributed by atoms with Gasteiger partial charge >= 0.3 is 0 Å². The number of hydrogen-bond acceptors (Lipinski definition) is 12. The maximum atomic E-state index is 10.9. The van der Waals surface area contributed by atoms with E-state index in [-0.39, 0.29) is 18.3 Å². The predicted molar refractivity (Wildman–Crippen MR) is 159 cm³/mol. The molecule has 4 aliphatic rings. The Hall–Kier alpha value is -1.04. The van der Waals surface area contributed by atoms with E-state index in [2.05, 4.69) is 33.9 Å². The molecule has 0 radical (unpaired) electrons. The molecular weight excluding hydrogens is 592 g/mol. The minimum Gasteiger partial charge on any atom is -0.414 e. The first-order chi connectivity index (χ1) is 20.5. The summed E-state index contributed by atoms with van der Waals surface area (Å²) < 4.78 is 49.3. The van der Waals surface area contributed by atoms with Gasteiger partial charge in [-0.15, -0.1) is 0 Å². The molecule has 4 heterocycles. The number of rotatable bonds is 9. The molecule has 0 aromatic heterocycles. The Labute approximate surface area is 261 Å². The van der Waals surface area contributed by atoms with Crippen LogP contribution in [0, 0.1) is 0 Å². The molecule has 1 aromatic carbocycles. The molecule has 250 valence electrons. The van der Waals surface area contributed by atoms with Crippen LogP contribution in [-0.2, 0) is 47.4 Å². The van der Waals surface area contributed by atoms with Crippen molar-refractivity contribution in [1.82, 2.24) is 0 Å². The third kappa shape index (κ3) is 7.57. The van der Waals surface area contributed by atoms with E-state index in [0.717, 1.165) is 5.56 Å². The van der Waals surface area contributed by atoms with E-state index in [1.54, 1.807) is 0 Å². The molecule has 4 fully saturated rings. The molecule has 4 saturated heterocycles. The van der Waals surface area contributed by atoms with E-state index >= 15 is 0 Å². The SMILES string of the molecule is CC1(C)O[C@@H]([C@@H]2OC(C)(C)O[C@@H]2CO[Si](C)(C)C(C)(C)C)[C@@H](COO[C@@H]2O[C@@H]3COC(c4ccccc4)O[C@H]3[C@H](O)[C@@H]2O)O1. The van der Waals surface area contributed by atoms with Gasteiger partial charge in [-0.2, -0.15) is 0 Å². The van der Waals surface area contributed by atoms with Crippen LogP contribution in [0.5, 0.6) is 0 Å². The lowest BCUT2D eigenvalue weighted by Crippen LogP contribution is -2.62. The Morgan fingerprint density at radius 1 is 0.818 bits per heavy atom. The Balaban J connectivity index is 1.19. The van der Waals surface area contributed by atoms with Crippen LogP contribution >= 0.6 is 0 Å². The summed E-state index contributed by atoms with van der Waals surface area (Å²) >= 11 is 0. The molecule has 13 heteroatoms. The molecule has 0 spiro atoms. The van der Waals surface area contributed by atoms with Crippen LogP contribution in [0.3, 0.4) is 0 Å². The highest BCUT2D eigenvalue weighted by Crippen LogP contribution is 2.41. The fourth-order valence-corrected chi connectivity index (χ4v) is 6.67. The average molecular weight is 643 g/mol. The van der Waals surface area contributed by atoms with E-state index in [1.165, 1.54) is 0 Å². The lowest BCUT2D eigenvalue weighted by molar-refractivity contribution is -0.444. The van der Waals surface area contributed by atoms with E-state index in [4.69, 9.17) is 47.4 Å². The molecule has 0 amide bonds. The molecular formula is C31H50O12Si. The van der Waals surface area contributed by atoms with Crippen LogP contribution in [-0.4, -0.2) is 105 Å². The fraction of sp³-hybridized carbons (Fsp3) is 0.806. The molecule has 1 unspecified atom stereocenters. The van der Waals surface area contributed by atoms with E-state index in [9.17, 15) is 10.2 Å². The number of fused-ring (bicyclic) bond motifs is 1. The lowest BCUT2D eigenvalue weighted by Gasteiger charge is -2.45. The zero-order valence-electron chi connectivity index (χ0n) is 27.3. The van der Waals surface area contributed by atoms with Gasteiger partial charge in [-0.25, -0.2) is 9.78 Å². The molecule has 10 atom stereocenters. The van der Waals surface area contributed by atoms with Crippen LogP contribution in [0.25, 0.3) is 0 Å². The van der Waals surface area contributed by atoms with Crippen molar-refractivity contribution in [1.29, 1.82) is 0 Å². The second kappa shape index (κ2) is 12.9. The highest BCUT2D eigenvalue weighted by molar-refractivity contribution is 6.74. The summed E-state index contributed by atoms with van der Waals surface area (Å²) in [4.78, 5) is 11.1. The van der Waals surface area contributed by atoms with Gasteiger partial charge in [0.15, 0.2) is 26.2 Å². The summed E-state index contributed by atoms with van der Waals surface area (Å²) in [5.74, 6) is -1.77. The third-order valence-corrected chi connectivity index (χ3v) is 13.5. The van der Waals surface area contributed by atoms with Crippen molar-refractivity contribution in [2.45, 2.75) is 140 Å². The molecule has 5 rings (SSSR count). The maximum Gasteiger partial charge on any atom is 0.220 e. The molecule has 12 nitrogen and oxygen atoms in total. The van der Waals surface area contributed by atoms with Crippen molar-refractivity contribution < 1.29 is 57.6 Å². The Morgan fingerprint density at radius 3 is 2.00 bits per heavy atom. The Morgan fingerprint density at radius 2 is 1.41 bits per heavy atom. The summed E-state index contributed by atoms with van der Waals surface area (Å²) in [6, 6.07) is 9.38. The zero-order chi connectivity index (χ0) is 32.1. The highest BCUT2D eigenvalue weighted by atomic mass is 28.4. The summed E-state index contributed by atoms with van der Waals surface area (Å²) in [6.45, 7) is 18.8. The van der Waals surface area contributed by atoms with Gasteiger partial charge < -0.3 is 47.8 Å². The van der Waals surface area contributed by atoms with Crippen LogP contribution in [0.1, 0.15) is 60.3 Å². The van der Waals surface area contributed by atoms with Crippen molar-refractivity contribution in [3.05, 3.63) is 35.9 Å². The highest BCUT2D eigenvalue weighted by Gasteiger charge is 2.55. The van der Waals surface area contributed by atoms with Crippen molar-refractivity contribution in [3.63, 3.8) is 0 Å². The second-order valence-corrected chi connectivity index (χ2v) is 19.2. The first-order valence-corrected chi connectivity index (χ1v) is 18.3. The minimum absolute atomic E-state index is 0.0407. The van der Waals surface area contributed by atoms with Crippen molar-refractivity contribution in [2.24, 2.45) is 0 Å². The molecule has 0 aliphatic carbocycles. The smallest absolute Gasteiger partial charge is 0.220 e. The predicted octanol–water partition coefficient (Wildman–Crippen LogP) is 3.56. The van der Waals surface area contributed by atoms with Crippen LogP contribution < -0.4 is 0 Å². The maximum absolute atomic E-state index is 10.9. The van der Waals surface area contributed by atoms with Gasteiger partial charge in [0, 0.05) is 5.56 Å². The zero-order valence-corrected chi connectivity index (χ0v) is 28.3. The van der Waals surface area contributed by atoms with E-state index in [0.29, 0.717) is 6.61 Å². The van der Waals surface area contributed by atoms with Gasteiger partial charge in [-0.05, 0) is 45.8 Å². The van der Waals surface area contributed by atoms with Gasteiger partial charge in [-0.3, -0.25) is 0 Å².